The first-order valence-electron chi connectivity index (χ1n) is 11.4. The van der Waals surface area contributed by atoms with Crippen molar-refractivity contribution in [1.82, 2.24) is 4.90 Å². The lowest BCUT2D eigenvalue weighted by Crippen LogP contribution is -2.46. The van der Waals surface area contributed by atoms with Gasteiger partial charge in [-0.25, -0.2) is 0 Å². The minimum atomic E-state index is -0.358. The highest BCUT2D eigenvalue weighted by atomic mass is 16.6. The number of nitrogens with zero attached hydrogens (tertiary/aromatic N) is 3. The van der Waals surface area contributed by atoms with Gasteiger partial charge in [-0.3, -0.25) is 19.8 Å². The van der Waals surface area contributed by atoms with Crippen LogP contribution < -0.4 is 19.8 Å². The summed E-state index contributed by atoms with van der Waals surface area (Å²) in [5.74, 6) is 1.03. The van der Waals surface area contributed by atoms with Gasteiger partial charge in [-0.05, 0) is 37.9 Å². The molecule has 0 N–H and O–H groups in total. The number of rotatable bonds is 9. The van der Waals surface area contributed by atoms with Crippen LogP contribution in [-0.4, -0.2) is 56.8 Å². The average molecular weight is 468 g/mol. The zero-order chi connectivity index (χ0) is 24.1. The molecule has 9 heteroatoms. The zero-order valence-corrected chi connectivity index (χ0v) is 19.5. The van der Waals surface area contributed by atoms with Gasteiger partial charge >= 0.3 is 0 Å². The molecule has 3 aromatic rings. The number of ether oxygens (including phenoxy) is 2. The summed E-state index contributed by atoms with van der Waals surface area (Å²) in [5, 5.41) is 11.5. The Bertz CT molecular complexity index is 1220. The molecule has 180 valence electrons. The lowest BCUT2D eigenvalue weighted by Gasteiger charge is -2.36. The van der Waals surface area contributed by atoms with Gasteiger partial charge < -0.3 is 18.8 Å². The Hall–Kier alpha value is -3.59. The summed E-state index contributed by atoms with van der Waals surface area (Å²) in [6.45, 7) is 4.43. The lowest BCUT2D eigenvalue weighted by atomic mass is 10.1. The SMILES string of the molecule is COc1cc2occ(CCCCN3CCN(c4cccc([N+](=O)[O-])c4)CC3)c(=O)c2cc1OC. The van der Waals surface area contributed by atoms with Crippen LogP contribution in [0.5, 0.6) is 11.5 Å². The normalized spacial score (nSPS) is 14.4. The second-order valence-electron chi connectivity index (χ2n) is 8.36. The average Bonchev–Trinajstić information content (AvgIpc) is 2.87. The molecule has 2 heterocycles. The van der Waals surface area contributed by atoms with Crippen LogP contribution in [0.15, 0.2) is 51.9 Å². The van der Waals surface area contributed by atoms with Crippen LogP contribution in [0.4, 0.5) is 11.4 Å². The van der Waals surface area contributed by atoms with Crippen molar-refractivity contribution >= 4 is 22.3 Å². The van der Waals surface area contributed by atoms with Crippen LogP contribution in [0.3, 0.4) is 0 Å². The van der Waals surface area contributed by atoms with E-state index in [4.69, 9.17) is 13.9 Å². The number of anilines is 1. The zero-order valence-electron chi connectivity index (χ0n) is 19.5. The van der Waals surface area contributed by atoms with E-state index in [9.17, 15) is 14.9 Å². The standard InChI is InChI=1S/C25H29N3O6/c1-32-23-15-21-22(16-24(23)33-2)34-17-18(25(21)29)6-3-4-9-26-10-12-27(13-11-26)19-7-5-8-20(14-19)28(30)31/h5,7-8,14-17H,3-4,6,9-13H2,1-2H3. The van der Waals surface area contributed by atoms with Crippen molar-refractivity contribution < 1.29 is 18.8 Å². The Labute approximate surface area is 197 Å². The van der Waals surface area contributed by atoms with E-state index in [-0.39, 0.29) is 16.0 Å². The van der Waals surface area contributed by atoms with Crippen molar-refractivity contribution in [2.45, 2.75) is 19.3 Å². The molecular weight excluding hydrogens is 438 g/mol. The first-order chi connectivity index (χ1) is 16.5. The molecule has 0 radical (unpaired) electrons. The van der Waals surface area contributed by atoms with Gasteiger partial charge in [0.25, 0.3) is 5.69 Å². The maximum absolute atomic E-state index is 12.9. The van der Waals surface area contributed by atoms with Crippen LogP contribution in [0.1, 0.15) is 18.4 Å². The van der Waals surface area contributed by atoms with E-state index in [0.29, 0.717) is 34.5 Å². The Kier molecular flexibility index (Phi) is 7.32. The quantitative estimate of drug-likeness (QED) is 0.266. The number of hydrogen-bond donors (Lipinski definition) is 0. The molecule has 1 fully saturated rings. The number of non-ortho nitro benzene ring substituents is 1. The molecule has 34 heavy (non-hydrogen) atoms. The number of unbranched alkanes of at least 4 members (excludes halogenated alkanes) is 1. The third kappa shape index (κ3) is 5.14. The third-order valence-electron chi connectivity index (χ3n) is 6.30. The van der Waals surface area contributed by atoms with Crippen molar-refractivity contribution in [2.75, 3.05) is 51.8 Å². The number of benzene rings is 2. The first-order valence-corrected chi connectivity index (χ1v) is 11.4. The summed E-state index contributed by atoms with van der Waals surface area (Å²) >= 11 is 0. The van der Waals surface area contributed by atoms with Crippen molar-refractivity contribution in [3.8, 4) is 11.5 Å². The van der Waals surface area contributed by atoms with Gasteiger partial charge in [-0.2, -0.15) is 0 Å². The number of fused-ring (bicyclic) bond motifs is 1. The summed E-state index contributed by atoms with van der Waals surface area (Å²) in [7, 11) is 3.09. The summed E-state index contributed by atoms with van der Waals surface area (Å²) in [6, 6.07) is 10.1. The van der Waals surface area contributed by atoms with Gasteiger partial charge in [0.05, 0.1) is 30.8 Å². The first kappa shape index (κ1) is 23.6. The molecule has 0 unspecified atom stereocenters. The molecule has 0 bridgehead atoms. The van der Waals surface area contributed by atoms with E-state index >= 15 is 0 Å². The van der Waals surface area contributed by atoms with Crippen LogP contribution in [0, 0.1) is 10.1 Å². The second-order valence-corrected chi connectivity index (χ2v) is 8.36. The molecule has 1 aliphatic heterocycles. The highest BCUT2D eigenvalue weighted by Gasteiger charge is 2.19. The molecule has 4 rings (SSSR count). The van der Waals surface area contributed by atoms with Gasteiger partial charge in [-0.15, -0.1) is 0 Å². The van der Waals surface area contributed by atoms with Gasteiger partial charge in [0, 0.05) is 55.6 Å². The van der Waals surface area contributed by atoms with Crippen LogP contribution in [-0.2, 0) is 6.42 Å². The predicted octanol–water partition coefficient (Wildman–Crippen LogP) is 3.86. The lowest BCUT2D eigenvalue weighted by molar-refractivity contribution is -0.384. The molecule has 0 amide bonds. The summed E-state index contributed by atoms with van der Waals surface area (Å²) < 4.78 is 16.3. The number of aryl methyl sites for hydroxylation is 1. The fraction of sp³-hybridized carbons (Fsp3) is 0.400. The number of nitro groups is 1. The molecule has 0 spiro atoms. The Morgan fingerprint density at radius 2 is 1.76 bits per heavy atom. The molecule has 1 saturated heterocycles. The van der Waals surface area contributed by atoms with Gasteiger partial charge in [0.15, 0.2) is 16.9 Å². The van der Waals surface area contributed by atoms with Crippen LogP contribution in [0.25, 0.3) is 11.0 Å². The van der Waals surface area contributed by atoms with E-state index in [2.05, 4.69) is 9.80 Å². The molecule has 0 aliphatic carbocycles. The summed E-state index contributed by atoms with van der Waals surface area (Å²) in [5.41, 5.74) is 2.12. The molecule has 0 atom stereocenters. The molecular formula is C25H29N3O6. The number of nitro benzene ring substituents is 1. The molecule has 0 saturated carbocycles. The molecule has 1 aromatic heterocycles. The monoisotopic (exact) mass is 467 g/mol. The maximum atomic E-state index is 12.9. The Balaban J connectivity index is 1.28. The minimum Gasteiger partial charge on any atom is -0.493 e. The van der Waals surface area contributed by atoms with Gasteiger partial charge in [0.1, 0.15) is 5.58 Å². The van der Waals surface area contributed by atoms with Crippen molar-refractivity contribution in [3.63, 3.8) is 0 Å². The fourth-order valence-corrected chi connectivity index (χ4v) is 4.35. The highest BCUT2D eigenvalue weighted by Crippen LogP contribution is 2.31. The van der Waals surface area contributed by atoms with E-state index in [1.165, 1.54) is 6.07 Å². The molecule has 1 aliphatic rings. The van der Waals surface area contributed by atoms with E-state index in [0.717, 1.165) is 51.3 Å². The smallest absolute Gasteiger partial charge is 0.271 e. The summed E-state index contributed by atoms with van der Waals surface area (Å²) in [6.07, 6.45) is 4.06. The highest BCUT2D eigenvalue weighted by molar-refractivity contribution is 5.81. The van der Waals surface area contributed by atoms with Gasteiger partial charge in [-0.1, -0.05) is 6.07 Å². The number of piperazine rings is 1. The second kappa shape index (κ2) is 10.6. The van der Waals surface area contributed by atoms with Gasteiger partial charge in [0.2, 0.25) is 0 Å². The van der Waals surface area contributed by atoms with Crippen molar-refractivity contribution in [3.05, 3.63) is 68.6 Å². The van der Waals surface area contributed by atoms with E-state index in [1.807, 2.05) is 6.07 Å². The Morgan fingerprint density at radius 1 is 1.03 bits per heavy atom. The minimum absolute atomic E-state index is 0.0345. The summed E-state index contributed by atoms with van der Waals surface area (Å²) in [4.78, 5) is 28.2. The number of methoxy groups -OCH3 is 2. The molecule has 2 aromatic carbocycles. The van der Waals surface area contributed by atoms with Crippen molar-refractivity contribution in [2.24, 2.45) is 0 Å². The molecule has 9 nitrogen and oxygen atoms in total. The Morgan fingerprint density at radius 3 is 2.47 bits per heavy atom. The predicted molar refractivity (Wildman–Crippen MR) is 130 cm³/mol. The van der Waals surface area contributed by atoms with Crippen molar-refractivity contribution in [1.29, 1.82) is 0 Å². The van der Waals surface area contributed by atoms with Crippen LogP contribution in [0.2, 0.25) is 0 Å². The number of hydrogen-bond acceptors (Lipinski definition) is 8. The largest absolute Gasteiger partial charge is 0.493 e. The van der Waals surface area contributed by atoms with E-state index in [1.54, 1.807) is 44.7 Å². The topological polar surface area (TPSA) is 98.3 Å². The maximum Gasteiger partial charge on any atom is 0.271 e. The van der Waals surface area contributed by atoms with Crippen LogP contribution >= 0.6 is 0 Å². The fourth-order valence-electron chi connectivity index (χ4n) is 4.35. The third-order valence-corrected chi connectivity index (χ3v) is 6.30. The van der Waals surface area contributed by atoms with E-state index < -0.39 is 0 Å².